The summed E-state index contributed by atoms with van der Waals surface area (Å²) < 4.78 is 5.38. The number of carbonyl (C=O) groups is 1. The maximum Gasteiger partial charge on any atom is 0.226 e. The van der Waals surface area contributed by atoms with Gasteiger partial charge in [0.05, 0.1) is 18.9 Å². The van der Waals surface area contributed by atoms with Crippen LogP contribution in [0.15, 0.2) is 24.3 Å². The van der Waals surface area contributed by atoms with Crippen molar-refractivity contribution in [3.63, 3.8) is 0 Å². The highest BCUT2D eigenvalue weighted by atomic mass is 35.5. The molecule has 1 unspecified atom stereocenters. The number of rotatable bonds is 5. The van der Waals surface area contributed by atoms with Gasteiger partial charge in [-0.25, -0.2) is 4.98 Å². The molecule has 0 bridgehead atoms. The van der Waals surface area contributed by atoms with Crippen molar-refractivity contribution in [2.45, 2.75) is 32.2 Å². The van der Waals surface area contributed by atoms with Crippen LogP contribution in [-0.2, 0) is 9.53 Å². The molecule has 1 amide bonds. The van der Waals surface area contributed by atoms with Crippen LogP contribution in [0.1, 0.15) is 32.0 Å². The van der Waals surface area contributed by atoms with Gasteiger partial charge in [-0.15, -0.1) is 12.4 Å². The maximum absolute atomic E-state index is 12.3. The lowest BCUT2D eigenvalue weighted by molar-refractivity contribution is -0.117. The second kappa shape index (κ2) is 8.94. The van der Waals surface area contributed by atoms with Gasteiger partial charge in [0, 0.05) is 30.5 Å². The van der Waals surface area contributed by atoms with Gasteiger partial charge in [0.15, 0.2) is 5.82 Å². The van der Waals surface area contributed by atoms with E-state index in [0.29, 0.717) is 31.1 Å². The fourth-order valence-electron chi connectivity index (χ4n) is 2.62. The minimum absolute atomic E-state index is 0. The Kier molecular flexibility index (Phi) is 6.92. The third-order valence-electron chi connectivity index (χ3n) is 3.92. The molecule has 25 heavy (non-hydrogen) atoms. The number of aromatic nitrogens is 3. The summed E-state index contributed by atoms with van der Waals surface area (Å²) in [5, 5.41) is 13.5. The summed E-state index contributed by atoms with van der Waals surface area (Å²) in [6.45, 7) is 6.15. The van der Waals surface area contributed by atoms with Gasteiger partial charge >= 0.3 is 0 Å². The van der Waals surface area contributed by atoms with Crippen LogP contribution >= 0.6 is 12.4 Å². The van der Waals surface area contributed by atoms with Crippen LogP contribution in [0.3, 0.4) is 0 Å². The fraction of sp³-hybridized carbons (Fsp3) is 0.471. The topological polar surface area (TPSA) is 91.9 Å². The molecule has 1 saturated heterocycles. The number of carbonyl (C=O) groups excluding carboxylic acids is 1. The van der Waals surface area contributed by atoms with Crippen molar-refractivity contribution in [2.24, 2.45) is 0 Å². The van der Waals surface area contributed by atoms with E-state index in [1.165, 1.54) is 0 Å². The summed E-state index contributed by atoms with van der Waals surface area (Å²) >= 11 is 0. The average Bonchev–Trinajstić information content (AvgIpc) is 3.06. The summed E-state index contributed by atoms with van der Waals surface area (Å²) in [5.74, 6) is 1.64. The summed E-state index contributed by atoms with van der Waals surface area (Å²) in [6.07, 6.45) is 0.375. The van der Waals surface area contributed by atoms with Crippen molar-refractivity contribution in [2.75, 3.05) is 25.1 Å². The second-order valence-corrected chi connectivity index (χ2v) is 6.22. The zero-order valence-corrected chi connectivity index (χ0v) is 15.2. The number of H-pyrrole nitrogens is 1. The van der Waals surface area contributed by atoms with Crippen LogP contribution in [0.25, 0.3) is 11.4 Å². The quantitative estimate of drug-likeness (QED) is 0.756. The molecule has 8 heteroatoms. The van der Waals surface area contributed by atoms with Gasteiger partial charge in [0.2, 0.25) is 5.91 Å². The first-order valence-corrected chi connectivity index (χ1v) is 8.26. The van der Waals surface area contributed by atoms with E-state index in [1.807, 2.05) is 24.3 Å². The summed E-state index contributed by atoms with van der Waals surface area (Å²) in [5.41, 5.74) is 1.52. The smallest absolute Gasteiger partial charge is 0.226 e. The Balaban J connectivity index is 0.00000225. The zero-order chi connectivity index (χ0) is 16.9. The molecule has 3 rings (SSSR count). The highest BCUT2D eigenvalue weighted by Gasteiger charge is 2.18. The Morgan fingerprint density at radius 3 is 2.88 bits per heavy atom. The molecule has 1 fully saturated rings. The molecule has 1 aliphatic heterocycles. The minimum atomic E-state index is -0.0509. The van der Waals surface area contributed by atoms with Crippen LogP contribution < -0.4 is 10.6 Å². The van der Waals surface area contributed by atoms with E-state index in [2.05, 4.69) is 39.7 Å². The van der Waals surface area contributed by atoms with Crippen LogP contribution in [0.4, 0.5) is 5.69 Å². The standard InChI is InChI=1S/C17H23N5O2.ClH/c1-11(2)16-20-17(22-21-16)13-5-3-4-6-14(13)19-15(23)9-12-10-24-8-7-18-12;/h3-6,11-12,18H,7-10H2,1-2H3,(H,19,23)(H,20,21,22);1H. The van der Waals surface area contributed by atoms with E-state index < -0.39 is 0 Å². The fourth-order valence-corrected chi connectivity index (χ4v) is 2.62. The molecule has 3 N–H and O–H groups in total. The Hall–Kier alpha value is -1.96. The predicted molar refractivity (Wildman–Crippen MR) is 99.0 cm³/mol. The number of benzene rings is 1. The second-order valence-electron chi connectivity index (χ2n) is 6.22. The number of hydrogen-bond donors (Lipinski definition) is 3. The molecule has 0 aliphatic carbocycles. The molecule has 2 aromatic rings. The molecule has 0 radical (unpaired) electrons. The lowest BCUT2D eigenvalue weighted by atomic mass is 10.1. The third kappa shape index (κ3) is 5.01. The van der Waals surface area contributed by atoms with Gasteiger partial charge in [-0.05, 0) is 12.1 Å². The van der Waals surface area contributed by atoms with E-state index in [0.717, 1.165) is 17.9 Å². The van der Waals surface area contributed by atoms with Crippen molar-refractivity contribution < 1.29 is 9.53 Å². The number of anilines is 1. The molecule has 1 aromatic carbocycles. The van der Waals surface area contributed by atoms with Gasteiger partial charge in [0.1, 0.15) is 5.82 Å². The summed E-state index contributed by atoms with van der Waals surface area (Å²) in [7, 11) is 0. The van der Waals surface area contributed by atoms with Gasteiger partial charge in [-0.3, -0.25) is 9.89 Å². The summed E-state index contributed by atoms with van der Waals surface area (Å²) in [4.78, 5) is 16.8. The van der Waals surface area contributed by atoms with Crippen LogP contribution in [0.5, 0.6) is 0 Å². The van der Waals surface area contributed by atoms with Gasteiger partial charge < -0.3 is 15.4 Å². The Bertz CT molecular complexity index is 698. The molecule has 2 heterocycles. The van der Waals surface area contributed by atoms with Crippen molar-refractivity contribution in [1.82, 2.24) is 20.5 Å². The van der Waals surface area contributed by atoms with Crippen molar-refractivity contribution in [3.05, 3.63) is 30.1 Å². The van der Waals surface area contributed by atoms with Crippen LogP contribution in [-0.4, -0.2) is 46.9 Å². The monoisotopic (exact) mass is 365 g/mol. The molecular formula is C17H24ClN5O2. The number of ether oxygens (including phenoxy) is 1. The van der Waals surface area contributed by atoms with E-state index in [1.54, 1.807) is 0 Å². The molecule has 136 valence electrons. The van der Waals surface area contributed by atoms with E-state index in [-0.39, 0.29) is 30.3 Å². The van der Waals surface area contributed by atoms with E-state index >= 15 is 0 Å². The van der Waals surface area contributed by atoms with Gasteiger partial charge in [-0.2, -0.15) is 5.10 Å². The van der Waals surface area contributed by atoms with Gasteiger partial charge in [0.25, 0.3) is 0 Å². The third-order valence-corrected chi connectivity index (χ3v) is 3.92. The maximum atomic E-state index is 12.3. The van der Waals surface area contributed by atoms with Crippen LogP contribution in [0.2, 0.25) is 0 Å². The first-order valence-electron chi connectivity index (χ1n) is 8.26. The van der Waals surface area contributed by atoms with E-state index in [9.17, 15) is 4.79 Å². The number of amides is 1. The number of nitrogens with one attached hydrogen (secondary N) is 3. The molecule has 1 aliphatic rings. The number of aromatic amines is 1. The first-order chi connectivity index (χ1) is 11.6. The normalized spacial score (nSPS) is 17.2. The largest absolute Gasteiger partial charge is 0.378 e. The minimum Gasteiger partial charge on any atom is -0.378 e. The van der Waals surface area contributed by atoms with Gasteiger partial charge in [-0.1, -0.05) is 26.0 Å². The SMILES string of the molecule is CC(C)c1nc(-c2ccccc2NC(=O)CC2COCCN2)n[nH]1.Cl. The number of para-hydroxylation sites is 1. The average molecular weight is 366 g/mol. The number of morpholine rings is 1. The van der Waals surface area contributed by atoms with Crippen molar-refractivity contribution >= 4 is 24.0 Å². The van der Waals surface area contributed by atoms with Crippen molar-refractivity contribution in [1.29, 1.82) is 0 Å². The number of hydrogen-bond acceptors (Lipinski definition) is 5. The number of nitrogens with zero attached hydrogens (tertiary/aromatic N) is 2. The predicted octanol–water partition coefficient (Wildman–Crippen LogP) is 2.33. The summed E-state index contributed by atoms with van der Waals surface area (Å²) in [6, 6.07) is 7.63. The highest BCUT2D eigenvalue weighted by Crippen LogP contribution is 2.26. The lowest BCUT2D eigenvalue weighted by Crippen LogP contribution is -2.43. The Morgan fingerprint density at radius 1 is 1.40 bits per heavy atom. The Labute approximate surface area is 153 Å². The first kappa shape index (κ1) is 19.4. The molecule has 1 aromatic heterocycles. The lowest BCUT2D eigenvalue weighted by Gasteiger charge is -2.23. The molecular weight excluding hydrogens is 342 g/mol. The Morgan fingerprint density at radius 2 is 2.20 bits per heavy atom. The molecule has 0 spiro atoms. The van der Waals surface area contributed by atoms with Crippen LogP contribution in [0, 0.1) is 0 Å². The highest BCUT2D eigenvalue weighted by molar-refractivity contribution is 5.95. The molecule has 1 atom stereocenters. The number of halogens is 1. The molecule has 7 nitrogen and oxygen atoms in total. The zero-order valence-electron chi connectivity index (χ0n) is 14.4. The van der Waals surface area contributed by atoms with Crippen molar-refractivity contribution in [3.8, 4) is 11.4 Å². The van der Waals surface area contributed by atoms with E-state index in [4.69, 9.17) is 4.74 Å². The molecule has 0 saturated carbocycles.